The summed E-state index contributed by atoms with van der Waals surface area (Å²) in [6.07, 6.45) is 0.911. The number of hydrogen-bond acceptors (Lipinski definition) is 6. The van der Waals surface area contributed by atoms with Gasteiger partial charge in [0.05, 0.1) is 25.5 Å². The fraction of sp³-hybridized carbons (Fsp3) is 0.355. The summed E-state index contributed by atoms with van der Waals surface area (Å²) < 4.78 is 10.9. The average Bonchev–Trinajstić information content (AvgIpc) is 2.97. The summed E-state index contributed by atoms with van der Waals surface area (Å²) in [6.45, 7) is 8.91. The van der Waals surface area contributed by atoms with Gasteiger partial charge in [-0.1, -0.05) is 12.1 Å². The van der Waals surface area contributed by atoms with Crippen LogP contribution in [0, 0.1) is 0 Å². The number of nitrogens with zero attached hydrogens (tertiary/aromatic N) is 2. The van der Waals surface area contributed by atoms with E-state index >= 15 is 0 Å². The Morgan fingerprint density at radius 1 is 0.897 bits per heavy atom. The quantitative estimate of drug-likeness (QED) is 0.377. The van der Waals surface area contributed by atoms with Crippen LogP contribution >= 0.6 is 0 Å². The first-order chi connectivity index (χ1) is 19.0. The van der Waals surface area contributed by atoms with Gasteiger partial charge in [0.2, 0.25) is 0 Å². The van der Waals surface area contributed by atoms with Crippen LogP contribution in [0.4, 0.5) is 11.4 Å². The molecular formula is C31H38N4O4. The fourth-order valence-electron chi connectivity index (χ4n) is 4.95. The van der Waals surface area contributed by atoms with E-state index in [0.29, 0.717) is 29.9 Å². The van der Waals surface area contributed by atoms with Gasteiger partial charge < -0.3 is 25.0 Å². The van der Waals surface area contributed by atoms with Gasteiger partial charge in [0.25, 0.3) is 11.8 Å². The number of fused-ring (bicyclic) bond motifs is 1. The number of amides is 2. The first-order valence-corrected chi connectivity index (χ1v) is 13.5. The lowest BCUT2D eigenvalue weighted by atomic mass is 9.99. The van der Waals surface area contributed by atoms with Crippen molar-refractivity contribution in [1.82, 2.24) is 10.2 Å². The van der Waals surface area contributed by atoms with Crippen molar-refractivity contribution >= 4 is 23.2 Å². The Balaban J connectivity index is 1.34. The van der Waals surface area contributed by atoms with Crippen LogP contribution in [0.5, 0.6) is 11.5 Å². The Morgan fingerprint density at radius 2 is 1.56 bits per heavy atom. The summed E-state index contributed by atoms with van der Waals surface area (Å²) in [4.78, 5) is 30.5. The molecular weight excluding hydrogens is 492 g/mol. The topological polar surface area (TPSA) is 83.1 Å². The molecule has 0 saturated heterocycles. The van der Waals surface area contributed by atoms with E-state index in [4.69, 9.17) is 9.47 Å². The van der Waals surface area contributed by atoms with Crippen LogP contribution in [-0.4, -0.2) is 63.7 Å². The number of hydrogen-bond donors (Lipinski definition) is 2. The maximum Gasteiger partial charge on any atom is 0.255 e. The van der Waals surface area contributed by atoms with Gasteiger partial charge in [-0.3, -0.25) is 14.5 Å². The van der Waals surface area contributed by atoms with Crippen LogP contribution in [-0.2, 0) is 13.0 Å². The third kappa shape index (κ3) is 6.70. The molecule has 0 saturated carbocycles. The molecule has 3 aromatic carbocycles. The molecule has 0 unspecified atom stereocenters. The molecule has 1 heterocycles. The molecule has 206 valence electrons. The number of rotatable bonds is 11. The number of methoxy groups -OCH3 is 2. The smallest absolute Gasteiger partial charge is 0.255 e. The molecule has 0 bridgehead atoms. The number of anilines is 2. The van der Waals surface area contributed by atoms with Crippen molar-refractivity contribution in [2.24, 2.45) is 0 Å². The Bertz CT molecular complexity index is 1290. The lowest BCUT2D eigenvalue weighted by Crippen LogP contribution is -2.38. The number of nitrogens with one attached hydrogen (secondary N) is 2. The van der Waals surface area contributed by atoms with Gasteiger partial charge >= 0.3 is 0 Å². The molecule has 0 atom stereocenters. The molecule has 8 heteroatoms. The molecule has 0 radical (unpaired) electrons. The molecule has 2 N–H and O–H groups in total. The number of ether oxygens (including phenoxy) is 2. The molecule has 1 aliphatic heterocycles. The second kappa shape index (κ2) is 13.2. The van der Waals surface area contributed by atoms with Gasteiger partial charge in [0, 0.05) is 50.5 Å². The minimum absolute atomic E-state index is 0.216. The third-order valence-corrected chi connectivity index (χ3v) is 7.19. The van der Waals surface area contributed by atoms with Crippen molar-refractivity contribution in [2.75, 3.05) is 57.2 Å². The van der Waals surface area contributed by atoms with E-state index in [2.05, 4.69) is 40.3 Å². The average molecular weight is 531 g/mol. The van der Waals surface area contributed by atoms with E-state index in [1.807, 2.05) is 36.4 Å². The summed E-state index contributed by atoms with van der Waals surface area (Å²) in [6, 6.07) is 18.7. The van der Waals surface area contributed by atoms with Gasteiger partial charge in [0.15, 0.2) is 11.5 Å². The standard InChI is InChI=1S/C31H38N4O4/c1-5-35(6-2)25-13-11-22(12-14-25)30(36)33-27-10-8-7-9-26(27)31(37)32-16-18-34-17-15-23-19-28(38-3)29(39-4)20-24(23)21-34/h7-14,19-20H,5-6,15-18,21H2,1-4H3,(H,32,37)(H,33,36). The molecule has 0 aromatic heterocycles. The summed E-state index contributed by atoms with van der Waals surface area (Å²) in [7, 11) is 3.29. The van der Waals surface area contributed by atoms with Crippen molar-refractivity contribution in [3.8, 4) is 11.5 Å². The number of carbonyl (C=O) groups excluding carboxylic acids is 2. The van der Waals surface area contributed by atoms with Crippen molar-refractivity contribution < 1.29 is 19.1 Å². The van der Waals surface area contributed by atoms with Crippen LogP contribution in [0.15, 0.2) is 60.7 Å². The first kappa shape index (κ1) is 28.0. The normalized spacial score (nSPS) is 12.8. The van der Waals surface area contributed by atoms with Gasteiger partial charge in [-0.25, -0.2) is 0 Å². The van der Waals surface area contributed by atoms with E-state index in [-0.39, 0.29) is 11.8 Å². The fourth-order valence-corrected chi connectivity index (χ4v) is 4.95. The Morgan fingerprint density at radius 3 is 2.23 bits per heavy atom. The molecule has 39 heavy (non-hydrogen) atoms. The zero-order valence-corrected chi connectivity index (χ0v) is 23.3. The SMILES string of the molecule is CCN(CC)c1ccc(C(=O)Nc2ccccc2C(=O)NCCN2CCc3cc(OC)c(OC)cc3C2)cc1. The van der Waals surface area contributed by atoms with Crippen molar-refractivity contribution in [1.29, 1.82) is 0 Å². The Labute approximate surface area is 230 Å². The highest BCUT2D eigenvalue weighted by atomic mass is 16.5. The highest BCUT2D eigenvalue weighted by molar-refractivity contribution is 6.09. The third-order valence-electron chi connectivity index (χ3n) is 7.19. The van der Waals surface area contributed by atoms with Gasteiger partial charge in [-0.05, 0) is 79.9 Å². The lowest BCUT2D eigenvalue weighted by molar-refractivity contribution is 0.0948. The van der Waals surface area contributed by atoms with Gasteiger partial charge in [-0.2, -0.15) is 0 Å². The van der Waals surface area contributed by atoms with E-state index < -0.39 is 0 Å². The minimum Gasteiger partial charge on any atom is -0.493 e. The first-order valence-electron chi connectivity index (χ1n) is 13.5. The van der Waals surface area contributed by atoms with Crippen molar-refractivity contribution in [3.63, 3.8) is 0 Å². The largest absolute Gasteiger partial charge is 0.493 e. The molecule has 8 nitrogen and oxygen atoms in total. The summed E-state index contributed by atoms with van der Waals surface area (Å²) in [5.41, 5.74) is 5.02. The van der Waals surface area contributed by atoms with Crippen LogP contribution in [0.25, 0.3) is 0 Å². The maximum atomic E-state index is 13.0. The van der Waals surface area contributed by atoms with Crippen LogP contribution in [0.3, 0.4) is 0 Å². The summed E-state index contributed by atoms with van der Waals surface area (Å²) in [5.74, 6) is 1.01. The predicted octanol–water partition coefficient (Wildman–Crippen LogP) is 4.59. The summed E-state index contributed by atoms with van der Waals surface area (Å²) in [5, 5.41) is 5.92. The number of para-hydroxylation sites is 1. The van der Waals surface area contributed by atoms with E-state index in [0.717, 1.165) is 49.8 Å². The monoisotopic (exact) mass is 530 g/mol. The minimum atomic E-state index is -0.250. The molecule has 0 spiro atoms. The lowest BCUT2D eigenvalue weighted by Gasteiger charge is -2.29. The van der Waals surface area contributed by atoms with Crippen molar-refractivity contribution in [2.45, 2.75) is 26.8 Å². The Hall–Kier alpha value is -4.04. The predicted molar refractivity (Wildman–Crippen MR) is 155 cm³/mol. The van der Waals surface area contributed by atoms with Crippen LogP contribution < -0.4 is 25.0 Å². The number of carbonyl (C=O) groups is 2. The van der Waals surface area contributed by atoms with Crippen LogP contribution in [0.1, 0.15) is 45.7 Å². The van der Waals surface area contributed by atoms with Crippen LogP contribution in [0.2, 0.25) is 0 Å². The van der Waals surface area contributed by atoms with Gasteiger partial charge in [0.1, 0.15) is 0 Å². The molecule has 2 amide bonds. The number of benzene rings is 3. The molecule has 1 aliphatic rings. The highest BCUT2D eigenvalue weighted by Crippen LogP contribution is 2.33. The second-order valence-electron chi connectivity index (χ2n) is 9.48. The van der Waals surface area contributed by atoms with Gasteiger partial charge in [-0.15, -0.1) is 0 Å². The second-order valence-corrected chi connectivity index (χ2v) is 9.48. The molecule has 3 aromatic rings. The molecule has 0 aliphatic carbocycles. The van der Waals surface area contributed by atoms with Crippen molar-refractivity contribution in [3.05, 3.63) is 82.9 Å². The maximum absolute atomic E-state index is 13.0. The highest BCUT2D eigenvalue weighted by Gasteiger charge is 2.20. The Kier molecular flexibility index (Phi) is 9.44. The van der Waals surface area contributed by atoms with E-state index in [9.17, 15) is 9.59 Å². The molecule has 0 fully saturated rings. The molecule has 4 rings (SSSR count). The zero-order chi connectivity index (χ0) is 27.8. The van der Waals surface area contributed by atoms with E-state index in [1.54, 1.807) is 32.4 Å². The zero-order valence-electron chi connectivity index (χ0n) is 23.3. The summed E-state index contributed by atoms with van der Waals surface area (Å²) >= 11 is 0. The van der Waals surface area contributed by atoms with E-state index in [1.165, 1.54) is 11.1 Å².